The van der Waals surface area contributed by atoms with Crippen LogP contribution in [0.1, 0.15) is 39.0 Å². The number of nitrogens with one attached hydrogen (secondary N) is 1. The van der Waals surface area contributed by atoms with Crippen molar-refractivity contribution in [3.8, 4) is 0 Å². The first kappa shape index (κ1) is 14.0. The van der Waals surface area contributed by atoms with Crippen LogP contribution in [0.25, 0.3) is 0 Å². The minimum absolute atomic E-state index is 0.0686. The molecular formula is C16H19FN2O2. The van der Waals surface area contributed by atoms with Gasteiger partial charge in [0.15, 0.2) is 0 Å². The van der Waals surface area contributed by atoms with Crippen LogP contribution < -0.4 is 10.2 Å². The summed E-state index contributed by atoms with van der Waals surface area (Å²) >= 11 is 0. The number of piperazine rings is 1. The Bertz CT molecular complexity index is 564. The maximum absolute atomic E-state index is 13.1. The lowest BCUT2D eigenvalue weighted by molar-refractivity contribution is -0.139. The Kier molecular flexibility index (Phi) is 3.43. The van der Waals surface area contributed by atoms with Crippen LogP contribution in [0.3, 0.4) is 0 Å². The van der Waals surface area contributed by atoms with Gasteiger partial charge in [-0.2, -0.15) is 0 Å². The van der Waals surface area contributed by atoms with Crippen LogP contribution >= 0.6 is 0 Å². The molecule has 1 saturated carbocycles. The van der Waals surface area contributed by atoms with Crippen molar-refractivity contribution in [3.05, 3.63) is 30.1 Å². The van der Waals surface area contributed by atoms with E-state index in [0.29, 0.717) is 18.5 Å². The lowest BCUT2D eigenvalue weighted by Gasteiger charge is -2.46. The van der Waals surface area contributed by atoms with Crippen molar-refractivity contribution >= 4 is 17.5 Å². The molecule has 2 amide bonds. The number of halogens is 1. The zero-order valence-electron chi connectivity index (χ0n) is 12.1. The molecule has 3 rings (SSSR count). The number of hydrogen-bond donors (Lipinski definition) is 1. The van der Waals surface area contributed by atoms with E-state index in [2.05, 4.69) is 5.32 Å². The van der Waals surface area contributed by atoms with E-state index in [-0.39, 0.29) is 17.6 Å². The molecule has 1 saturated heterocycles. The second kappa shape index (κ2) is 5.13. The lowest BCUT2D eigenvalue weighted by Crippen LogP contribution is -2.70. The zero-order chi connectivity index (χ0) is 15.0. The fourth-order valence-electron chi connectivity index (χ4n) is 3.35. The predicted molar refractivity (Wildman–Crippen MR) is 77.3 cm³/mol. The summed E-state index contributed by atoms with van der Waals surface area (Å²) in [6.45, 7) is 1.70. The molecule has 1 aliphatic carbocycles. The highest BCUT2D eigenvalue weighted by atomic mass is 19.1. The summed E-state index contributed by atoms with van der Waals surface area (Å²) in [7, 11) is 0. The Morgan fingerprint density at radius 1 is 1.14 bits per heavy atom. The summed E-state index contributed by atoms with van der Waals surface area (Å²) in [4.78, 5) is 26.8. The summed E-state index contributed by atoms with van der Waals surface area (Å²) in [5.74, 6) is -0.561. The van der Waals surface area contributed by atoms with E-state index >= 15 is 0 Å². The van der Waals surface area contributed by atoms with Crippen LogP contribution in [0, 0.1) is 5.82 Å². The van der Waals surface area contributed by atoms with E-state index < -0.39 is 11.6 Å². The first-order valence-corrected chi connectivity index (χ1v) is 7.45. The predicted octanol–water partition coefficient (Wildman–Crippen LogP) is 2.38. The molecule has 1 heterocycles. The summed E-state index contributed by atoms with van der Waals surface area (Å²) < 4.78 is 13.1. The van der Waals surface area contributed by atoms with Gasteiger partial charge >= 0.3 is 0 Å². The van der Waals surface area contributed by atoms with Crippen molar-refractivity contribution in [1.29, 1.82) is 0 Å². The number of amides is 2. The quantitative estimate of drug-likeness (QED) is 0.863. The number of anilines is 1. The Morgan fingerprint density at radius 2 is 1.76 bits per heavy atom. The summed E-state index contributed by atoms with van der Waals surface area (Å²) in [5, 5.41) is 2.94. The Morgan fingerprint density at radius 3 is 2.38 bits per heavy atom. The van der Waals surface area contributed by atoms with Gasteiger partial charge in [-0.3, -0.25) is 14.5 Å². The van der Waals surface area contributed by atoms with Gasteiger partial charge in [-0.25, -0.2) is 4.39 Å². The van der Waals surface area contributed by atoms with Crippen molar-refractivity contribution in [2.45, 2.75) is 50.6 Å². The van der Waals surface area contributed by atoms with Gasteiger partial charge < -0.3 is 5.32 Å². The van der Waals surface area contributed by atoms with Crippen LogP contribution in [-0.2, 0) is 9.59 Å². The van der Waals surface area contributed by atoms with Crippen LogP contribution in [-0.4, -0.2) is 23.4 Å². The minimum atomic E-state index is -0.768. The minimum Gasteiger partial charge on any atom is -0.340 e. The van der Waals surface area contributed by atoms with E-state index in [1.165, 1.54) is 17.0 Å². The molecule has 0 aromatic heterocycles. The summed E-state index contributed by atoms with van der Waals surface area (Å²) in [6.07, 6.45) is 4.34. The molecule has 1 unspecified atom stereocenters. The molecule has 0 radical (unpaired) electrons. The highest BCUT2D eigenvalue weighted by Crippen LogP contribution is 2.35. The summed E-state index contributed by atoms with van der Waals surface area (Å²) in [5.41, 5.74) is -0.190. The van der Waals surface area contributed by atoms with E-state index in [1.54, 1.807) is 19.1 Å². The van der Waals surface area contributed by atoms with E-state index in [1.807, 2.05) is 0 Å². The first-order valence-electron chi connectivity index (χ1n) is 7.45. The average Bonchev–Trinajstić information content (AvgIpc) is 2.49. The van der Waals surface area contributed by atoms with Gasteiger partial charge in [0.05, 0.1) is 0 Å². The highest BCUT2D eigenvalue weighted by Gasteiger charge is 2.50. The first-order chi connectivity index (χ1) is 10.0. The molecule has 4 nitrogen and oxygen atoms in total. The van der Waals surface area contributed by atoms with Crippen molar-refractivity contribution in [3.63, 3.8) is 0 Å². The van der Waals surface area contributed by atoms with Crippen LogP contribution in [0.2, 0.25) is 0 Å². The molecule has 1 aliphatic heterocycles. The van der Waals surface area contributed by atoms with Crippen molar-refractivity contribution < 1.29 is 14.0 Å². The van der Waals surface area contributed by atoms with Crippen molar-refractivity contribution in [2.24, 2.45) is 0 Å². The number of carbonyl (C=O) groups excluding carboxylic acids is 2. The molecule has 0 bridgehead atoms. The number of hydrogen-bond acceptors (Lipinski definition) is 2. The van der Waals surface area contributed by atoms with E-state index in [9.17, 15) is 14.0 Å². The molecule has 1 atom stereocenters. The molecular weight excluding hydrogens is 271 g/mol. The maximum Gasteiger partial charge on any atom is 0.253 e. The standard InChI is InChI=1S/C16H19FN2O2/c1-11-14(20)18-16(9-3-2-4-10-16)15(21)19(11)13-7-5-12(17)6-8-13/h5-8,11H,2-4,9-10H2,1H3,(H,18,20). The van der Waals surface area contributed by atoms with Crippen molar-refractivity contribution in [1.82, 2.24) is 5.32 Å². The Balaban J connectivity index is 1.98. The maximum atomic E-state index is 13.1. The monoisotopic (exact) mass is 290 g/mol. The third kappa shape index (κ3) is 2.30. The molecule has 2 fully saturated rings. The van der Waals surface area contributed by atoms with Gasteiger partial charge in [0, 0.05) is 5.69 Å². The van der Waals surface area contributed by atoms with Crippen LogP contribution in [0.15, 0.2) is 24.3 Å². The SMILES string of the molecule is CC1C(=O)NC2(CCCCC2)C(=O)N1c1ccc(F)cc1. The second-order valence-corrected chi connectivity index (χ2v) is 5.96. The van der Waals surface area contributed by atoms with Gasteiger partial charge in [0.2, 0.25) is 5.91 Å². The average molecular weight is 290 g/mol. The molecule has 2 aliphatic rings. The second-order valence-electron chi connectivity index (χ2n) is 5.96. The lowest BCUT2D eigenvalue weighted by atomic mass is 9.78. The van der Waals surface area contributed by atoms with Gasteiger partial charge in [-0.15, -0.1) is 0 Å². The molecule has 1 N–H and O–H groups in total. The normalized spacial score (nSPS) is 25.0. The fourth-order valence-corrected chi connectivity index (χ4v) is 3.35. The van der Waals surface area contributed by atoms with Gasteiger partial charge in [-0.05, 0) is 44.0 Å². The number of carbonyl (C=O) groups is 2. The zero-order valence-corrected chi connectivity index (χ0v) is 12.1. The van der Waals surface area contributed by atoms with Crippen LogP contribution in [0.4, 0.5) is 10.1 Å². The largest absolute Gasteiger partial charge is 0.340 e. The fraction of sp³-hybridized carbons (Fsp3) is 0.500. The van der Waals surface area contributed by atoms with Crippen LogP contribution in [0.5, 0.6) is 0 Å². The van der Waals surface area contributed by atoms with E-state index in [0.717, 1.165) is 19.3 Å². The van der Waals surface area contributed by atoms with Gasteiger partial charge in [0.1, 0.15) is 17.4 Å². The topological polar surface area (TPSA) is 49.4 Å². The molecule has 5 heteroatoms. The third-order valence-corrected chi connectivity index (χ3v) is 4.57. The van der Waals surface area contributed by atoms with E-state index in [4.69, 9.17) is 0 Å². The van der Waals surface area contributed by atoms with Gasteiger partial charge in [-0.1, -0.05) is 19.3 Å². The molecule has 21 heavy (non-hydrogen) atoms. The number of nitrogens with zero attached hydrogens (tertiary/aromatic N) is 1. The molecule has 1 spiro atoms. The Hall–Kier alpha value is -1.91. The van der Waals surface area contributed by atoms with Gasteiger partial charge in [0.25, 0.3) is 5.91 Å². The van der Waals surface area contributed by atoms with Crippen molar-refractivity contribution in [2.75, 3.05) is 4.90 Å². The summed E-state index contributed by atoms with van der Waals surface area (Å²) in [6, 6.07) is 5.16. The number of rotatable bonds is 1. The Labute approximate surface area is 123 Å². The molecule has 1 aromatic carbocycles. The number of benzene rings is 1. The molecule has 1 aromatic rings. The smallest absolute Gasteiger partial charge is 0.253 e. The molecule has 112 valence electrons. The highest BCUT2D eigenvalue weighted by molar-refractivity contribution is 6.10. The third-order valence-electron chi connectivity index (χ3n) is 4.57.